The summed E-state index contributed by atoms with van der Waals surface area (Å²) in [6.07, 6.45) is 1.31. The van der Waals surface area contributed by atoms with Gasteiger partial charge in [-0.3, -0.25) is 14.6 Å². The van der Waals surface area contributed by atoms with E-state index in [-0.39, 0.29) is 24.1 Å². The molecule has 0 atom stereocenters. The van der Waals surface area contributed by atoms with E-state index in [1.807, 2.05) is 0 Å². The minimum atomic E-state index is -0.597. The maximum atomic E-state index is 12.2. The van der Waals surface area contributed by atoms with Gasteiger partial charge in [-0.2, -0.15) is 0 Å². The lowest BCUT2D eigenvalue weighted by molar-refractivity contribution is -0.119. The molecule has 20 heavy (non-hydrogen) atoms. The van der Waals surface area contributed by atoms with Gasteiger partial charge in [0.1, 0.15) is 5.69 Å². The molecule has 0 aliphatic carbocycles. The Morgan fingerprint density at radius 1 is 1.40 bits per heavy atom. The van der Waals surface area contributed by atoms with E-state index in [0.29, 0.717) is 5.56 Å². The summed E-state index contributed by atoms with van der Waals surface area (Å²) in [7, 11) is 0. The van der Waals surface area contributed by atoms with Crippen molar-refractivity contribution in [2.45, 2.75) is 19.9 Å². The van der Waals surface area contributed by atoms with E-state index in [1.54, 1.807) is 13.8 Å². The van der Waals surface area contributed by atoms with Crippen LogP contribution >= 0.6 is 0 Å². The molecule has 1 heterocycles. The van der Waals surface area contributed by atoms with Crippen LogP contribution in [0.5, 0.6) is 0 Å². The molecule has 0 fully saturated rings. The Labute approximate surface area is 116 Å². The highest BCUT2D eigenvalue weighted by Gasteiger charge is 2.21. The first-order valence-electron chi connectivity index (χ1n) is 5.90. The average Bonchev–Trinajstić information content (AvgIpc) is 2.43. The SMILES string of the molecule is CC(C)N(CC(N)=O)C(=O)c1ccc(C(N)=NO)cn1. The van der Waals surface area contributed by atoms with Crippen molar-refractivity contribution in [3.63, 3.8) is 0 Å². The normalized spacial score (nSPS) is 11.4. The highest BCUT2D eigenvalue weighted by atomic mass is 16.4. The maximum Gasteiger partial charge on any atom is 0.273 e. The quantitative estimate of drug-likeness (QED) is 0.289. The highest BCUT2D eigenvalue weighted by molar-refractivity contribution is 5.98. The molecule has 0 spiro atoms. The van der Waals surface area contributed by atoms with Crippen LogP contribution in [-0.4, -0.2) is 45.3 Å². The summed E-state index contributed by atoms with van der Waals surface area (Å²) in [6.45, 7) is 3.36. The van der Waals surface area contributed by atoms with Crippen LogP contribution in [0, 0.1) is 0 Å². The number of nitrogens with zero attached hydrogens (tertiary/aromatic N) is 3. The zero-order valence-electron chi connectivity index (χ0n) is 11.3. The summed E-state index contributed by atoms with van der Waals surface area (Å²) in [5.74, 6) is -1.11. The lowest BCUT2D eigenvalue weighted by Crippen LogP contribution is -2.43. The molecule has 1 aromatic rings. The van der Waals surface area contributed by atoms with Crippen molar-refractivity contribution < 1.29 is 14.8 Å². The van der Waals surface area contributed by atoms with Gasteiger partial charge in [-0.15, -0.1) is 0 Å². The molecule has 5 N–H and O–H groups in total. The number of hydrogen-bond donors (Lipinski definition) is 3. The Hall–Kier alpha value is -2.64. The summed E-state index contributed by atoms with van der Waals surface area (Å²) in [5, 5.41) is 11.4. The molecule has 0 aliphatic heterocycles. The first kappa shape index (κ1) is 15.4. The molecular formula is C12H17N5O3. The third kappa shape index (κ3) is 3.67. The number of nitrogens with two attached hydrogens (primary N) is 2. The number of oxime groups is 1. The second-order valence-corrected chi connectivity index (χ2v) is 4.41. The van der Waals surface area contributed by atoms with Crippen LogP contribution in [0.25, 0.3) is 0 Å². The van der Waals surface area contributed by atoms with Crippen LogP contribution < -0.4 is 11.5 Å². The molecule has 0 unspecified atom stereocenters. The number of hydrogen-bond acceptors (Lipinski definition) is 5. The fraction of sp³-hybridized carbons (Fsp3) is 0.333. The van der Waals surface area contributed by atoms with Crippen molar-refractivity contribution in [1.82, 2.24) is 9.88 Å². The summed E-state index contributed by atoms with van der Waals surface area (Å²) in [5.41, 5.74) is 11.0. The van der Waals surface area contributed by atoms with Crippen molar-refractivity contribution >= 4 is 17.6 Å². The lowest BCUT2D eigenvalue weighted by atomic mass is 10.2. The Balaban J connectivity index is 2.98. The molecule has 0 aromatic carbocycles. The fourth-order valence-electron chi connectivity index (χ4n) is 1.53. The van der Waals surface area contributed by atoms with Crippen molar-refractivity contribution in [2.75, 3.05) is 6.54 Å². The van der Waals surface area contributed by atoms with E-state index in [4.69, 9.17) is 16.7 Å². The second kappa shape index (κ2) is 6.50. The van der Waals surface area contributed by atoms with Gasteiger partial charge in [-0.25, -0.2) is 0 Å². The molecule has 108 valence electrons. The topological polar surface area (TPSA) is 135 Å². The molecule has 8 heteroatoms. The predicted octanol–water partition coefficient (Wildman–Crippen LogP) is -0.488. The molecule has 0 saturated heterocycles. The van der Waals surface area contributed by atoms with E-state index >= 15 is 0 Å². The Bertz CT molecular complexity index is 524. The maximum absolute atomic E-state index is 12.2. The van der Waals surface area contributed by atoms with Gasteiger partial charge in [0.15, 0.2) is 5.84 Å². The van der Waals surface area contributed by atoms with Gasteiger partial charge in [-0.1, -0.05) is 5.16 Å². The Morgan fingerprint density at radius 3 is 2.45 bits per heavy atom. The molecule has 0 saturated carbocycles. The van der Waals surface area contributed by atoms with E-state index in [0.717, 1.165) is 0 Å². The first-order valence-corrected chi connectivity index (χ1v) is 5.90. The number of carbonyl (C=O) groups excluding carboxylic acids is 2. The highest BCUT2D eigenvalue weighted by Crippen LogP contribution is 2.07. The molecule has 0 radical (unpaired) electrons. The molecule has 1 rings (SSSR count). The number of rotatable bonds is 5. The Morgan fingerprint density at radius 2 is 2.05 bits per heavy atom. The van der Waals surface area contributed by atoms with Crippen LogP contribution in [0.15, 0.2) is 23.5 Å². The molecule has 8 nitrogen and oxygen atoms in total. The summed E-state index contributed by atoms with van der Waals surface area (Å²) >= 11 is 0. The van der Waals surface area contributed by atoms with Crippen molar-refractivity contribution in [2.24, 2.45) is 16.6 Å². The number of amides is 2. The third-order valence-corrected chi connectivity index (χ3v) is 2.60. The second-order valence-electron chi connectivity index (χ2n) is 4.41. The number of carbonyl (C=O) groups is 2. The average molecular weight is 279 g/mol. The fourth-order valence-corrected chi connectivity index (χ4v) is 1.53. The molecular weight excluding hydrogens is 262 g/mol. The minimum Gasteiger partial charge on any atom is -0.409 e. The minimum absolute atomic E-state index is 0.102. The number of amidine groups is 1. The lowest BCUT2D eigenvalue weighted by Gasteiger charge is -2.24. The zero-order valence-corrected chi connectivity index (χ0v) is 11.3. The van der Waals surface area contributed by atoms with Crippen molar-refractivity contribution in [3.05, 3.63) is 29.6 Å². The van der Waals surface area contributed by atoms with E-state index in [9.17, 15) is 9.59 Å². The molecule has 0 aliphatic rings. The summed E-state index contributed by atoms with van der Waals surface area (Å²) < 4.78 is 0. The number of pyridine rings is 1. The van der Waals surface area contributed by atoms with Crippen LogP contribution in [-0.2, 0) is 4.79 Å². The van der Waals surface area contributed by atoms with Gasteiger partial charge in [0.25, 0.3) is 5.91 Å². The van der Waals surface area contributed by atoms with Crippen molar-refractivity contribution in [1.29, 1.82) is 0 Å². The largest absolute Gasteiger partial charge is 0.409 e. The van der Waals surface area contributed by atoms with Crippen LogP contribution in [0.4, 0.5) is 0 Å². The third-order valence-electron chi connectivity index (χ3n) is 2.60. The van der Waals surface area contributed by atoms with Gasteiger partial charge < -0.3 is 21.6 Å². The molecule has 2 amide bonds. The Kier molecular flexibility index (Phi) is 5.01. The van der Waals surface area contributed by atoms with E-state index in [1.165, 1.54) is 23.2 Å². The van der Waals surface area contributed by atoms with E-state index < -0.39 is 11.8 Å². The van der Waals surface area contributed by atoms with Crippen LogP contribution in [0.3, 0.4) is 0 Å². The van der Waals surface area contributed by atoms with Gasteiger partial charge in [0, 0.05) is 17.8 Å². The van der Waals surface area contributed by atoms with Crippen LogP contribution in [0.2, 0.25) is 0 Å². The molecule has 1 aromatic heterocycles. The van der Waals surface area contributed by atoms with Gasteiger partial charge in [0.05, 0.1) is 6.54 Å². The molecule has 0 bridgehead atoms. The van der Waals surface area contributed by atoms with E-state index in [2.05, 4.69) is 10.1 Å². The van der Waals surface area contributed by atoms with Gasteiger partial charge in [-0.05, 0) is 26.0 Å². The standard InChI is InChI=1S/C12H17N5O3/c1-7(2)17(6-10(13)18)12(19)9-4-3-8(5-15-9)11(14)16-20/h3-5,7,20H,6H2,1-2H3,(H2,13,18)(H2,14,16). The van der Waals surface area contributed by atoms with Crippen LogP contribution in [0.1, 0.15) is 29.9 Å². The first-order chi connectivity index (χ1) is 9.36. The van der Waals surface area contributed by atoms with Crippen molar-refractivity contribution in [3.8, 4) is 0 Å². The summed E-state index contributed by atoms with van der Waals surface area (Å²) in [6, 6.07) is 2.74. The predicted molar refractivity (Wildman–Crippen MR) is 72.1 cm³/mol. The van der Waals surface area contributed by atoms with Gasteiger partial charge in [0.2, 0.25) is 5.91 Å². The smallest absolute Gasteiger partial charge is 0.273 e. The monoisotopic (exact) mass is 279 g/mol. The zero-order chi connectivity index (χ0) is 15.3. The van der Waals surface area contributed by atoms with Gasteiger partial charge >= 0.3 is 0 Å². The summed E-state index contributed by atoms with van der Waals surface area (Å²) in [4.78, 5) is 28.5. The number of aromatic nitrogens is 1. The number of primary amides is 1.